The predicted molar refractivity (Wildman–Crippen MR) is 118 cm³/mol. The molecule has 1 amide bonds. The molecule has 0 unspecified atom stereocenters. The summed E-state index contributed by atoms with van der Waals surface area (Å²) in [6.07, 6.45) is 0. The van der Waals surface area contributed by atoms with Gasteiger partial charge in [0.1, 0.15) is 11.6 Å². The van der Waals surface area contributed by atoms with Crippen LogP contribution in [0, 0.1) is 29.8 Å². The lowest BCUT2D eigenvalue weighted by molar-refractivity contribution is -0.384. The smallest absolute Gasteiger partial charge is 0.269 e. The highest BCUT2D eigenvalue weighted by molar-refractivity contribution is 5.94. The number of nitrogens with zero attached hydrogens (tertiary/aromatic N) is 5. The Morgan fingerprint density at radius 3 is 2.34 bits per heavy atom. The zero-order chi connectivity index (χ0) is 22.8. The molecule has 0 aliphatic carbocycles. The summed E-state index contributed by atoms with van der Waals surface area (Å²) in [5, 5.41) is 10.8. The van der Waals surface area contributed by atoms with E-state index in [1.807, 2.05) is 13.8 Å². The van der Waals surface area contributed by atoms with Crippen molar-refractivity contribution >= 4 is 17.4 Å². The van der Waals surface area contributed by atoms with Crippen LogP contribution in [0.25, 0.3) is 11.4 Å². The number of benzene rings is 2. The van der Waals surface area contributed by atoms with E-state index in [4.69, 9.17) is 4.98 Å². The summed E-state index contributed by atoms with van der Waals surface area (Å²) >= 11 is 0. The van der Waals surface area contributed by atoms with Gasteiger partial charge in [-0.15, -0.1) is 0 Å². The first kappa shape index (κ1) is 21.4. The zero-order valence-electron chi connectivity index (χ0n) is 17.8. The second kappa shape index (κ2) is 8.70. The molecule has 1 aliphatic heterocycles. The van der Waals surface area contributed by atoms with Crippen molar-refractivity contribution in [2.45, 2.75) is 13.8 Å². The molecule has 0 radical (unpaired) electrons. The third kappa shape index (κ3) is 4.27. The number of carbonyl (C=O) groups excluding carboxylic acids is 1. The number of hydrogen-bond donors (Lipinski definition) is 0. The van der Waals surface area contributed by atoms with Crippen molar-refractivity contribution in [3.05, 3.63) is 81.3 Å². The molecule has 1 aromatic heterocycles. The molecular formula is C23H22FN5O3. The van der Waals surface area contributed by atoms with Crippen molar-refractivity contribution in [2.75, 3.05) is 31.1 Å². The monoisotopic (exact) mass is 435 g/mol. The number of piperazine rings is 1. The van der Waals surface area contributed by atoms with Gasteiger partial charge in [-0.2, -0.15) is 0 Å². The number of nitro groups is 1. The van der Waals surface area contributed by atoms with Crippen LogP contribution in [0.2, 0.25) is 0 Å². The van der Waals surface area contributed by atoms with Crippen LogP contribution in [0.5, 0.6) is 0 Å². The van der Waals surface area contributed by atoms with Crippen molar-refractivity contribution in [3.8, 4) is 11.4 Å². The Kier molecular flexibility index (Phi) is 5.81. The van der Waals surface area contributed by atoms with E-state index in [0.29, 0.717) is 43.1 Å². The number of halogens is 1. The minimum Gasteiger partial charge on any atom is -0.353 e. The number of hydrogen-bond acceptors (Lipinski definition) is 6. The van der Waals surface area contributed by atoms with Gasteiger partial charge in [0, 0.05) is 60.7 Å². The fourth-order valence-corrected chi connectivity index (χ4v) is 3.71. The Hall–Kier alpha value is -3.88. The maximum atomic E-state index is 13.7. The molecule has 1 saturated heterocycles. The van der Waals surface area contributed by atoms with Gasteiger partial charge in [0.05, 0.1) is 4.92 Å². The van der Waals surface area contributed by atoms with Gasteiger partial charge in [-0.25, -0.2) is 14.4 Å². The first-order valence-electron chi connectivity index (χ1n) is 10.2. The van der Waals surface area contributed by atoms with Crippen LogP contribution in [-0.4, -0.2) is 51.9 Å². The van der Waals surface area contributed by atoms with Crippen LogP contribution in [-0.2, 0) is 0 Å². The van der Waals surface area contributed by atoms with Gasteiger partial charge >= 0.3 is 0 Å². The molecular weight excluding hydrogens is 413 g/mol. The highest BCUT2D eigenvalue weighted by Gasteiger charge is 2.25. The van der Waals surface area contributed by atoms with Gasteiger partial charge in [0.15, 0.2) is 5.82 Å². The molecule has 0 saturated carbocycles. The SMILES string of the molecule is Cc1nc(-c2cccc(F)c2)nc(N2CCN(C(=O)c3ccc([N+](=O)[O-])cc3)CC2)c1C. The Balaban J connectivity index is 1.50. The number of aryl methyl sites for hydroxylation is 1. The second-order valence-corrected chi connectivity index (χ2v) is 7.67. The topological polar surface area (TPSA) is 92.5 Å². The molecule has 0 N–H and O–H groups in total. The normalized spacial score (nSPS) is 13.8. The lowest BCUT2D eigenvalue weighted by Crippen LogP contribution is -2.49. The fraction of sp³-hybridized carbons (Fsp3) is 0.261. The standard InChI is InChI=1S/C23H22FN5O3/c1-15-16(2)25-21(18-4-3-5-19(24)14-18)26-22(15)27-10-12-28(13-11-27)23(30)17-6-8-20(9-7-17)29(31)32/h3-9,14H,10-13H2,1-2H3. The third-order valence-corrected chi connectivity index (χ3v) is 5.64. The van der Waals surface area contributed by atoms with Gasteiger partial charge in [-0.05, 0) is 38.1 Å². The molecule has 1 fully saturated rings. The predicted octanol–water partition coefficient (Wildman–Crippen LogP) is 3.77. The maximum Gasteiger partial charge on any atom is 0.269 e. The van der Waals surface area contributed by atoms with E-state index in [-0.39, 0.29) is 17.4 Å². The van der Waals surface area contributed by atoms with Crippen LogP contribution in [0.15, 0.2) is 48.5 Å². The number of nitro benzene ring substituents is 1. The van der Waals surface area contributed by atoms with Crippen LogP contribution >= 0.6 is 0 Å². The van der Waals surface area contributed by atoms with Crippen molar-refractivity contribution in [1.82, 2.24) is 14.9 Å². The summed E-state index contributed by atoms with van der Waals surface area (Å²) in [5.41, 5.74) is 2.75. The largest absolute Gasteiger partial charge is 0.353 e. The van der Waals surface area contributed by atoms with E-state index < -0.39 is 4.92 Å². The molecule has 0 atom stereocenters. The van der Waals surface area contributed by atoms with Crippen LogP contribution < -0.4 is 4.90 Å². The molecule has 4 rings (SSSR count). The molecule has 2 aromatic carbocycles. The summed E-state index contributed by atoms with van der Waals surface area (Å²) in [6.45, 7) is 6.00. The Labute approximate surface area is 184 Å². The van der Waals surface area contributed by atoms with E-state index in [9.17, 15) is 19.3 Å². The Bertz CT molecular complexity index is 1170. The van der Waals surface area contributed by atoms with Gasteiger partial charge in [-0.1, -0.05) is 12.1 Å². The Morgan fingerprint density at radius 2 is 1.72 bits per heavy atom. The molecule has 9 heteroatoms. The zero-order valence-corrected chi connectivity index (χ0v) is 17.8. The van der Waals surface area contributed by atoms with Crippen molar-refractivity contribution < 1.29 is 14.1 Å². The molecule has 32 heavy (non-hydrogen) atoms. The lowest BCUT2D eigenvalue weighted by Gasteiger charge is -2.36. The first-order valence-corrected chi connectivity index (χ1v) is 10.2. The van der Waals surface area contributed by atoms with E-state index in [1.165, 1.54) is 36.4 Å². The van der Waals surface area contributed by atoms with E-state index in [1.54, 1.807) is 17.0 Å². The van der Waals surface area contributed by atoms with Gasteiger partial charge in [0.2, 0.25) is 0 Å². The summed E-state index contributed by atoms with van der Waals surface area (Å²) in [5.74, 6) is 0.742. The molecule has 1 aliphatic rings. The minimum atomic E-state index is -0.489. The average molecular weight is 435 g/mol. The summed E-state index contributed by atoms with van der Waals surface area (Å²) in [6, 6.07) is 11.8. The average Bonchev–Trinajstić information content (AvgIpc) is 2.80. The molecule has 2 heterocycles. The van der Waals surface area contributed by atoms with Crippen molar-refractivity contribution in [2.24, 2.45) is 0 Å². The summed E-state index contributed by atoms with van der Waals surface area (Å²) in [4.78, 5) is 36.2. The van der Waals surface area contributed by atoms with Gasteiger partial charge in [-0.3, -0.25) is 14.9 Å². The number of amides is 1. The van der Waals surface area contributed by atoms with Crippen molar-refractivity contribution in [1.29, 1.82) is 0 Å². The second-order valence-electron chi connectivity index (χ2n) is 7.67. The fourth-order valence-electron chi connectivity index (χ4n) is 3.71. The first-order chi connectivity index (χ1) is 15.3. The third-order valence-electron chi connectivity index (χ3n) is 5.64. The van der Waals surface area contributed by atoms with E-state index >= 15 is 0 Å². The Morgan fingerprint density at radius 1 is 1.03 bits per heavy atom. The van der Waals surface area contributed by atoms with Crippen LogP contribution in [0.1, 0.15) is 21.6 Å². The number of carbonyl (C=O) groups is 1. The number of aromatic nitrogens is 2. The summed E-state index contributed by atoms with van der Waals surface area (Å²) < 4.78 is 13.7. The highest BCUT2D eigenvalue weighted by atomic mass is 19.1. The molecule has 0 bridgehead atoms. The highest BCUT2D eigenvalue weighted by Crippen LogP contribution is 2.26. The van der Waals surface area contributed by atoms with Gasteiger partial charge < -0.3 is 9.80 Å². The quantitative estimate of drug-likeness (QED) is 0.458. The van der Waals surface area contributed by atoms with E-state index in [0.717, 1.165) is 17.1 Å². The molecule has 164 valence electrons. The van der Waals surface area contributed by atoms with Gasteiger partial charge in [0.25, 0.3) is 11.6 Å². The summed E-state index contributed by atoms with van der Waals surface area (Å²) in [7, 11) is 0. The van der Waals surface area contributed by atoms with Crippen molar-refractivity contribution in [3.63, 3.8) is 0 Å². The minimum absolute atomic E-state index is 0.0462. The molecule has 8 nitrogen and oxygen atoms in total. The molecule has 3 aromatic rings. The molecule has 0 spiro atoms. The van der Waals surface area contributed by atoms with E-state index in [2.05, 4.69) is 9.88 Å². The van der Waals surface area contributed by atoms with Crippen LogP contribution in [0.3, 0.4) is 0 Å². The number of rotatable bonds is 4. The van der Waals surface area contributed by atoms with Crippen LogP contribution in [0.4, 0.5) is 15.9 Å². The lowest BCUT2D eigenvalue weighted by atomic mass is 10.1. The number of anilines is 1. The number of non-ortho nitro benzene ring substituents is 1. The maximum absolute atomic E-state index is 13.7.